The molecular formula is C11H25NO. The average molecular weight is 187 g/mol. The molecule has 0 saturated heterocycles. The van der Waals surface area contributed by atoms with Gasteiger partial charge in [-0.3, -0.25) is 0 Å². The van der Waals surface area contributed by atoms with Crippen molar-refractivity contribution in [2.45, 2.75) is 58.6 Å². The zero-order valence-corrected chi connectivity index (χ0v) is 9.81. The predicted octanol–water partition coefficient (Wildman–Crippen LogP) is 2.58. The fourth-order valence-electron chi connectivity index (χ4n) is 1.13. The molecule has 0 spiro atoms. The van der Waals surface area contributed by atoms with Crippen LogP contribution < -0.4 is 5.32 Å². The summed E-state index contributed by atoms with van der Waals surface area (Å²) in [5, 5.41) is 3.27. The van der Waals surface area contributed by atoms with Crippen LogP contribution in [-0.4, -0.2) is 25.3 Å². The van der Waals surface area contributed by atoms with E-state index >= 15 is 0 Å². The van der Waals surface area contributed by atoms with Crippen LogP contribution in [0.4, 0.5) is 0 Å². The first kappa shape index (κ1) is 12.9. The van der Waals surface area contributed by atoms with Gasteiger partial charge in [0.15, 0.2) is 0 Å². The topological polar surface area (TPSA) is 21.3 Å². The van der Waals surface area contributed by atoms with Gasteiger partial charge in [-0.25, -0.2) is 0 Å². The molecule has 0 amide bonds. The van der Waals surface area contributed by atoms with Crippen LogP contribution in [0.5, 0.6) is 0 Å². The lowest BCUT2D eigenvalue weighted by Gasteiger charge is -2.24. The SMILES string of the molecule is CCCC(C)OCCC(C)(C)NC. The van der Waals surface area contributed by atoms with Crippen LogP contribution in [0.1, 0.15) is 47.0 Å². The highest BCUT2D eigenvalue weighted by atomic mass is 16.5. The lowest BCUT2D eigenvalue weighted by atomic mass is 10.0. The lowest BCUT2D eigenvalue weighted by molar-refractivity contribution is 0.0477. The van der Waals surface area contributed by atoms with Gasteiger partial charge in [0.25, 0.3) is 0 Å². The Labute approximate surface area is 83.1 Å². The third-order valence-corrected chi connectivity index (χ3v) is 2.50. The quantitative estimate of drug-likeness (QED) is 0.661. The van der Waals surface area contributed by atoms with Gasteiger partial charge in [-0.1, -0.05) is 13.3 Å². The molecule has 0 aliphatic rings. The number of rotatable bonds is 7. The van der Waals surface area contributed by atoms with Gasteiger partial charge in [-0.2, -0.15) is 0 Å². The lowest BCUT2D eigenvalue weighted by Crippen LogP contribution is -2.37. The van der Waals surface area contributed by atoms with Crippen molar-refractivity contribution in [1.29, 1.82) is 0 Å². The van der Waals surface area contributed by atoms with E-state index in [0.717, 1.165) is 13.0 Å². The van der Waals surface area contributed by atoms with Crippen molar-refractivity contribution in [2.75, 3.05) is 13.7 Å². The van der Waals surface area contributed by atoms with Gasteiger partial charge < -0.3 is 10.1 Å². The molecule has 0 aliphatic carbocycles. The van der Waals surface area contributed by atoms with Crippen molar-refractivity contribution in [2.24, 2.45) is 0 Å². The van der Waals surface area contributed by atoms with Gasteiger partial charge in [-0.05, 0) is 40.7 Å². The zero-order chi connectivity index (χ0) is 10.3. The van der Waals surface area contributed by atoms with Crippen molar-refractivity contribution in [3.63, 3.8) is 0 Å². The molecule has 0 aromatic rings. The second-order valence-corrected chi connectivity index (χ2v) is 4.35. The molecule has 0 saturated carbocycles. The normalized spacial score (nSPS) is 14.5. The first-order chi connectivity index (χ1) is 6.02. The molecule has 2 nitrogen and oxygen atoms in total. The van der Waals surface area contributed by atoms with Crippen molar-refractivity contribution < 1.29 is 4.74 Å². The Balaban J connectivity index is 3.44. The highest BCUT2D eigenvalue weighted by molar-refractivity contribution is 4.74. The second-order valence-electron chi connectivity index (χ2n) is 4.35. The predicted molar refractivity (Wildman–Crippen MR) is 58.1 cm³/mol. The maximum absolute atomic E-state index is 5.68. The largest absolute Gasteiger partial charge is 0.378 e. The summed E-state index contributed by atoms with van der Waals surface area (Å²) in [6.07, 6.45) is 3.85. The third-order valence-electron chi connectivity index (χ3n) is 2.50. The number of ether oxygens (including phenoxy) is 1. The molecule has 0 aromatic heterocycles. The van der Waals surface area contributed by atoms with Crippen LogP contribution in [0.15, 0.2) is 0 Å². The van der Waals surface area contributed by atoms with E-state index in [1.54, 1.807) is 0 Å². The van der Waals surface area contributed by atoms with Crippen LogP contribution in [0, 0.1) is 0 Å². The molecular weight excluding hydrogens is 162 g/mol. The number of hydrogen-bond acceptors (Lipinski definition) is 2. The Morgan fingerprint density at radius 1 is 1.38 bits per heavy atom. The highest BCUT2D eigenvalue weighted by Gasteiger charge is 2.14. The molecule has 0 aliphatic heterocycles. The first-order valence-electron chi connectivity index (χ1n) is 5.32. The van der Waals surface area contributed by atoms with Crippen molar-refractivity contribution in [1.82, 2.24) is 5.32 Å². The Bertz CT molecular complexity index is 123. The molecule has 1 atom stereocenters. The van der Waals surface area contributed by atoms with E-state index in [0.29, 0.717) is 6.10 Å². The summed E-state index contributed by atoms with van der Waals surface area (Å²) in [7, 11) is 2.00. The summed E-state index contributed by atoms with van der Waals surface area (Å²) < 4.78 is 5.68. The summed E-state index contributed by atoms with van der Waals surface area (Å²) in [5.74, 6) is 0. The minimum absolute atomic E-state index is 0.200. The molecule has 80 valence electrons. The van der Waals surface area contributed by atoms with Crippen LogP contribution in [0.25, 0.3) is 0 Å². The third kappa shape index (κ3) is 7.03. The minimum atomic E-state index is 0.200. The van der Waals surface area contributed by atoms with Crippen molar-refractivity contribution >= 4 is 0 Å². The summed E-state index contributed by atoms with van der Waals surface area (Å²) in [6, 6.07) is 0. The number of hydrogen-bond donors (Lipinski definition) is 1. The fraction of sp³-hybridized carbons (Fsp3) is 1.00. The van der Waals surface area contributed by atoms with Gasteiger partial charge in [-0.15, -0.1) is 0 Å². The van der Waals surface area contributed by atoms with Gasteiger partial charge >= 0.3 is 0 Å². The standard InChI is InChI=1S/C11H25NO/c1-6-7-10(2)13-9-8-11(3,4)12-5/h10,12H,6-9H2,1-5H3. The van der Waals surface area contributed by atoms with Gasteiger partial charge in [0, 0.05) is 12.1 Å². The molecule has 1 N–H and O–H groups in total. The Hall–Kier alpha value is -0.0800. The maximum atomic E-state index is 5.68. The molecule has 2 heteroatoms. The summed E-state index contributed by atoms with van der Waals surface area (Å²) in [6.45, 7) is 9.59. The Morgan fingerprint density at radius 2 is 2.00 bits per heavy atom. The van der Waals surface area contributed by atoms with Crippen LogP contribution in [0.3, 0.4) is 0 Å². The minimum Gasteiger partial charge on any atom is -0.378 e. The van der Waals surface area contributed by atoms with Crippen LogP contribution >= 0.6 is 0 Å². The fourth-order valence-corrected chi connectivity index (χ4v) is 1.13. The van der Waals surface area contributed by atoms with E-state index in [1.165, 1.54) is 12.8 Å². The maximum Gasteiger partial charge on any atom is 0.0546 e. The Kier molecular flexibility index (Phi) is 6.35. The Morgan fingerprint density at radius 3 is 2.46 bits per heavy atom. The summed E-state index contributed by atoms with van der Waals surface area (Å²) in [5.41, 5.74) is 0.200. The molecule has 0 aromatic carbocycles. The average Bonchev–Trinajstić information content (AvgIpc) is 2.05. The molecule has 0 heterocycles. The van der Waals surface area contributed by atoms with Crippen LogP contribution in [0.2, 0.25) is 0 Å². The van der Waals surface area contributed by atoms with Crippen LogP contribution in [-0.2, 0) is 4.74 Å². The van der Waals surface area contributed by atoms with Crippen molar-refractivity contribution in [3.8, 4) is 0 Å². The summed E-state index contributed by atoms with van der Waals surface area (Å²) >= 11 is 0. The van der Waals surface area contributed by atoms with E-state index in [4.69, 9.17) is 4.74 Å². The van der Waals surface area contributed by atoms with Crippen molar-refractivity contribution in [3.05, 3.63) is 0 Å². The van der Waals surface area contributed by atoms with E-state index in [1.807, 2.05) is 7.05 Å². The zero-order valence-electron chi connectivity index (χ0n) is 9.81. The highest BCUT2D eigenvalue weighted by Crippen LogP contribution is 2.09. The van der Waals surface area contributed by atoms with Gasteiger partial charge in [0.2, 0.25) is 0 Å². The second kappa shape index (κ2) is 6.39. The monoisotopic (exact) mass is 187 g/mol. The summed E-state index contributed by atoms with van der Waals surface area (Å²) in [4.78, 5) is 0. The molecule has 0 rings (SSSR count). The smallest absolute Gasteiger partial charge is 0.0546 e. The van der Waals surface area contributed by atoms with E-state index in [2.05, 4.69) is 33.0 Å². The van der Waals surface area contributed by atoms with Gasteiger partial charge in [0.05, 0.1) is 6.10 Å². The first-order valence-corrected chi connectivity index (χ1v) is 5.32. The molecule has 0 radical (unpaired) electrons. The van der Waals surface area contributed by atoms with E-state index in [-0.39, 0.29) is 5.54 Å². The molecule has 1 unspecified atom stereocenters. The van der Waals surface area contributed by atoms with E-state index in [9.17, 15) is 0 Å². The van der Waals surface area contributed by atoms with E-state index < -0.39 is 0 Å². The number of nitrogens with one attached hydrogen (secondary N) is 1. The molecule has 13 heavy (non-hydrogen) atoms. The molecule has 0 fully saturated rings. The molecule has 0 bridgehead atoms. The van der Waals surface area contributed by atoms with Gasteiger partial charge in [0.1, 0.15) is 0 Å².